The van der Waals surface area contributed by atoms with E-state index in [2.05, 4.69) is 4.98 Å². The molecule has 4 nitrogen and oxygen atoms in total. The Kier molecular flexibility index (Phi) is 3.16. The number of fused-ring (bicyclic) bond motifs is 1. The summed E-state index contributed by atoms with van der Waals surface area (Å²) in [6, 6.07) is 12.0. The molecule has 0 unspecified atom stereocenters. The summed E-state index contributed by atoms with van der Waals surface area (Å²) in [5.41, 5.74) is 0.805. The van der Waals surface area contributed by atoms with E-state index < -0.39 is 0 Å². The summed E-state index contributed by atoms with van der Waals surface area (Å²) in [5.74, 6) is 0.996. The smallest absolute Gasteiger partial charge is 0.284 e. The van der Waals surface area contributed by atoms with Crippen LogP contribution < -0.4 is 10.3 Å². The average Bonchev–Trinajstić information content (AvgIpc) is 2.48. The van der Waals surface area contributed by atoms with Crippen LogP contribution in [-0.2, 0) is 0 Å². The molecule has 0 aliphatic heterocycles. The van der Waals surface area contributed by atoms with E-state index in [0.717, 1.165) is 5.75 Å². The standard InChI is InChI=1S/C15H10ClNO3/c1-19-11-5-2-9(3-6-11)15-17-14(18)12-8-10(16)4-7-13(12)20-15/h2-8H,1H3. The fraction of sp³-hybridized carbons (Fsp3) is 0.0667. The molecule has 0 N–H and O–H groups in total. The van der Waals surface area contributed by atoms with Gasteiger partial charge in [-0.15, -0.1) is 0 Å². The summed E-state index contributed by atoms with van der Waals surface area (Å²) in [5, 5.41) is 0.846. The number of benzene rings is 2. The molecule has 100 valence electrons. The molecule has 5 heteroatoms. The predicted molar refractivity (Wildman–Crippen MR) is 77.3 cm³/mol. The molecule has 2 aromatic carbocycles. The maximum atomic E-state index is 12.0. The molecule has 0 saturated carbocycles. The zero-order chi connectivity index (χ0) is 14.1. The first-order valence-electron chi connectivity index (χ1n) is 5.92. The number of ether oxygens (including phenoxy) is 1. The fourth-order valence-corrected chi connectivity index (χ4v) is 2.07. The molecule has 0 atom stereocenters. The molecule has 1 aromatic heterocycles. The largest absolute Gasteiger partial charge is 0.497 e. The highest BCUT2D eigenvalue weighted by Gasteiger charge is 2.09. The number of aromatic nitrogens is 1. The highest BCUT2D eigenvalue weighted by Crippen LogP contribution is 2.23. The van der Waals surface area contributed by atoms with Crippen molar-refractivity contribution in [2.75, 3.05) is 7.11 Å². The molecule has 0 radical (unpaired) electrons. The van der Waals surface area contributed by atoms with Gasteiger partial charge in [0, 0.05) is 10.6 Å². The predicted octanol–water partition coefficient (Wildman–Crippen LogP) is 3.52. The Hall–Kier alpha value is -2.33. The van der Waals surface area contributed by atoms with Crippen LogP contribution in [0.1, 0.15) is 0 Å². The van der Waals surface area contributed by atoms with Gasteiger partial charge in [0.1, 0.15) is 11.3 Å². The van der Waals surface area contributed by atoms with Crippen LogP contribution >= 0.6 is 11.6 Å². The molecule has 3 rings (SSSR count). The van der Waals surface area contributed by atoms with Crippen molar-refractivity contribution < 1.29 is 9.15 Å². The lowest BCUT2D eigenvalue weighted by molar-refractivity contribution is 0.415. The van der Waals surface area contributed by atoms with Crippen molar-refractivity contribution in [2.24, 2.45) is 0 Å². The molecule has 0 aliphatic carbocycles. The number of nitrogens with zero attached hydrogens (tertiary/aromatic N) is 1. The van der Waals surface area contributed by atoms with Crippen LogP contribution in [0.2, 0.25) is 5.02 Å². The highest BCUT2D eigenvalue weighted by molar-refractivity contribution is 6.31. The van der Waals surface area contributed by atoms with Gasteiger partial charge in [-0.2, -0.15) is 4.98 Å². The Morgan fingerprint density at radius 2 is 1.90 bits per heavy atom. The van der Waals surface area contributed by atoms with E-state index >= 15 is 0 Å². The monoisotopic (exact) mass is 287 g/mol. The molecule has 3 aromatic rings. The van der Waals surface area contributed by atoms with Crippen molar-refractivity contribution in [3.05, 3.63) is 57.8 Å². The van der Waals surface area contributed by atoms with Crippen LogP contribution in [0.5, 0.6) is 5.75 Å². The molecular weight excluding hydrogens is 278 g/mol. The van der Waals surface area contributed by atoms with E-state index in [4.69, 9.17) is 20.8 Å². The van der Waals surface area contributed by atoms with Crippen LogP contribution in [0.15, 0.2) is 51.7 Å². The lowest BCUT2D eigenvalue weighted by Gasteiger charge is -2.03. The third kappa shape index (κ3) is 2.26. The summed E-state index contributed by atoms with van der Waals surface area (Å²) in [4.78, 5) is 15.9. The van der Waals surface area contributed by atoms with Gasteiger partial charge in [0.15, 0.2) is 0 Å². The minimum Gasteiger partial charge on any atom is -0.497 e. The van der Waals surface area contributed by atoms with E-state index in [-0.39, 0.29) is 11.4 Å². The fourth-order valence-electron chi connectivity index (χ4n) is 1.89. The molecule has 0 amide bonds. The van der Waals surface area contributed by atoms with Gasteiger partial charge in [0.25, 0.3) is 5.56 Å². The van der Waals surface area contributed by atoms with Gasteiger partial charge in [-0.05, 0) is 42.5 Å². The number of rotatable bonds is 2. The lowest BCUT2D eigenvalue weighted by atomic mass is 10.2. The Balaban J connectivity index is 2.16. The second kappa shape index (κ2) is 4.98. The molecule has 0 spiro atoms. The first kappa shape index (κ1) is 12.7. The minimum atomic E-state index is -0.362. The lowest BCUT2D eigenvalue weighted by Crippen LogP contribution is -2.07. The van der Waals surface area contributed by atoms with Crippen molar-refractivity contribution >= 4 is 22.6 Å². The topological polar surface area (TPSA) is 52.3 Å². The van der Waals surface area contributed by atoms with E-state index in [1.807, 2.05) is 0 Å². The molecule has 20 heavy (non-hydrogen) atoms. The van der Waals surface area contributed by atoms with Gasteiger partial charge < -0.3 is 9.15 Å². The highest BCUT2D eigenvalue weighted by atomic mass is 35.5. The van der Waals surface area contributed by atoms with Crippen molar-refractivity contribution in [1.82, 2.24) is 4.98 Å². The zero-order valence-corrected chi connectivity index (χ0v) is 11.3. The van der Waals surface area contributed by atoms with Crippen LogP contribution in [-0.4, -0.2) is 12.1 Å². The van der Waals surface area contributed by atoms with Gasteiger partial charge in [-0.25, -0.2) is 0 Å². The SMILES string of the molecule is COc1ccc(-c2nc(=O)c3cc(Cl)ccc3o2)cc1. The molecule has 0 aliphatic rings. The second-order valence-electron chi connectivity index (χ2n) is 4.19. The average molecular weight is 288 g/mol. The number of halogens is 1. The van der Waals surface area contributed by atoms with Crippen molar-refractivity contribution in [3.63, 3.8) is 0 Å². The molecular formula is C15H10ClNO3. The summed E-state index contributed by atoms with van der Waals surface area (Å²) >= 11 is 5.86. The van der Waals surface area contributed by atoms with Gasteiger partial charge in [-0.3, -0.25) is 4.79 Å². The second-order valence-corrected chi connectivity index (χ2v) is 4.63. The first-order valence-corrected chi connectivity index (χ1v) is 6.30. The van der Waals surface area contributed by atoms with Gasteiger partial charge in [0.2, 0.25) is 5.89 Å². The maximum absolute atomic E-state index is 12.0. The number of hydrogen-bond acceptors (Lipinski definition) is 4. The Labute approximate surface area is 119 Å². The van der Waals surface area contributed by atoms with Gasteiger partial charge in [-0.1, -0.05) is 11.6 Å². The van der Waals surface area contributed by atoms with E-state index in [0.29, 0.717) is 21.6 Å². The normalized spacial score (nSPS) is 10.7. The van der Waals surface area contributed by atoms with Crippen LogP contribution in [0.4, 0.5) is 0 Å². The Bertz CT molecular complexity index is 825. The van der Waals surface area contributed by atoms with Crippen LogP contribution in [0.25, 0.3) is 22.4 Å². The Morgan fingerprint density at radius 1 is 1.15 bits per heavy atom. The third-order valence-corrected chi connectivity index (χ3v) is 3.15. The maximum Gasteiger partial charge on any atom is 0.284 e. The van der Waals surface area contributed by atoms with Crippen molar-refractivity contribution in [3.8, 4) is 17.2 Å². The zero-order valence-electron chi connectivity index (χ0n) is 10.6. The quantitative estimate of drug-likeness (QED) is 0.724. The summed E-state index contributed by atoms with van der Waals surface area (Å²) in [6.45, 7) is 0. The minimum absolute atomic E-state index is 0.271. The number of hydrogen-bond donors (Lipinski definition) is 0. The summed E-state index contributed by atoms with van der Waals surface area (Å²) in [7, 11) is 1.59. The third-order valence-electron chi connectivity index (χ3n) is 2.92. The summed E-state index contributed by atoms with van der Waals surface area (Å²) in [6.07, 6.45) is 0. The van der Waals surface area contributed by atoms with Gasteiger partial charge >= 0.3 is 0 Å². The van der Waals surface area contributed by atoms with E-state index in [1.165, 1.54) is 0 Å². The van der Waals surface area contributed by atoms with Crippen molar-refractivity contribution in [2.45, 2.75) is 0 Å². The first-order chi connectivity index (χ1) is 9.67. The molecule has 1 heterocycles. The van der Waals surface area contributed by atoms with E-state index in [1.54, 1.807) is 49.6 Å². The number of methoxy groups -OCH3 is 1. The van der Waals surface area contributed by atoms with Crippen LogP contribution in [0, 0.1) is 0 Å². The molecule has 0 fully saturated rings. The van der Waals surface area contributed by atoms with Gasteiger partial charge in [0.05, 0.1) is 12.5 Å². The summed E-state index contributed by atoms with van der Waals surface area (Å²) < 4.78 is 10.7. The van der Waals surface area contributed by atoms with E-state index in [9.17, 15) is 4.79 Å². The van der Waals surface area contributed by atoms with Crippen molar-refractivity contribution in [1.29, 1.82) is 0 Å². The Morgan fingerprint density at radius 3 is 2.60 bits per heavy atom. The molecule has 0 bridgehead atoms. The molecule has 0 saturated heterocycles. The van der Waals surface area contributed by atoms with Crippen LogP contribution in [0.3, 0.4) is 0 Å².